The van der Waals surface area contributed by atoms with Crippen LogP contribution in [-0.2, 0) is 30.2 Å². The fraction of sp³-hybridized carbons (Fsp3) is 0.500. The maximum absolute atomic E-state index is 13.9. The second-order valence-corrected chi connectivity index (χ2v) is 19.2. The van der Waals surface area contributed by atoms with Crippen molar-refractivity contribution in [2.24, 2.45) is 11.8 Å². The first-order valence-corrected chi connectivity index (χ1v) is 23.9. The Balaban J connectivity index is 1.00. The first-order chi connectivity index (χ1) is 32.8. The molecule has 9 rings (SSSR count). The number of likely N-dealkylation sites (tertiary alicyclic amines) is 2. The normalized spacial score (nSPS) is 22.5. The maximum Gasteiger partial charge on any atom is 0.407 e. The quantitative estimate of drug-likeness (QED) is 0.0741. The number of cyclic esters (lactones) is 1. The van der Waals surface area contributed by atoms with E-state index < -0.39 is 24.3 Å². The van der Waals surface area contributed by atoms with E-state index in [0.29, 0.717) is 26.1 Å². The molecule has 68 heavy (non-hydrogen) atoms. The van der Waals surface area contributed by atoms with Crippen LogP contribution < -0.4 is 20.9 Å². The van der Waals surface area contributed by atoms with Crippen molar-refractivity contribution >= 4 is 57.8 Å². The number of aromatic amines is 2. The Morgan fingerprint density at radius 1 is 0.691 bits per heavy atom. The lowest BCUT2D eigenvalue weighted by molar-refractivity contribution is -0.136. The lowest BCUT2D eigenvalue weighted by Crippen LogP contribution is -2.51. The highest BCUT2D eigenvalue weighted by molar-refractivity contribution is 5.88. The molecule has 360 valence electrons. The predicted octanol–water partition coefficient (Wildman–Crippen LogP) is 7.26. The monoisotopic (exact) mass is 930 g/mol. The summed E-state index contributed by atoms with van der Waals surface area (Å²) in [6.45, 7) is 9.10. The van der Waals surface area contributed by atoms with E-state index in [2.05, 4.69) is 91.5 Å². The average Bonchev–Trinajstić information content (AvgIpc) is 4.20. The topological polar surface area (TPSA) is 216 Å². The second kappa shape index (κ2) is 19.4. The van der Waals surface area contributed by atoms with Crippen LogP contribution in [0.3, 0.4) is 0 Å². The summed E-state index contributed by atoms with van der Waals surface area (Å²) in [6, 6.07) is 19.3. The molecule has 5 amide bonds. The van der Waals surface area contributed by atoms with Gasteiger partial charge in [0.05, 0.1) is 66.5 Å². The van der Waals surface area contributed by atoms with Crippen LogP contribution in [0.4, 0.5) is 20.1 Å². The Bertz CT molecular complexity index is 2530. The van der Waals surface area contributed by atoms with Gasteiger partial charge in [0.15, 0.2) is 0 Å². The van der Waals surface area contributed by atoms with Crippen LogP contribution >= 0.6 is 0 Å². The molecule has 0 aliphatic carbocycles. The van der Waals surface area contributed by atoms with Gasteiger partial charge in [0, 0.05) is 18.8 Å². The fourth-order valence-corrected chi connectivity index (χ4v) is 10.7. The smallest absolute Gasteiger partial charge is 0.407 e. The summed E-state index contributed by atoms with van der Waals surface area (Å²) in [5.74, 6) is 0.858. The predicted molar refractivity (Wildman–Crippen MR) is 254 cm³/mol. The number of rotatable bonds is 13. The number of fused-ring (bicyclic) bond motifs is 2. The van der Waals surface area contributed by atoms with Crippen molar-refractivity contribution in [1.82, 2.24) is 45.7 Å². The zero-order chi connectivity index (χ0) is 47.8. The van der Waals surface area contributed by atoms with Gasteiger partial charge in [-0.05, 0) is 110 Å². The van der Waals surface area contributed by atoms with Crippen LogP contribution in [0.25, 0.3) is 22.1 Å². The van der Waals surface area contributed by atoms with Gasteiger partial charge in [-0.15, -0.1) is 0 Å². The van der Waals surface area contributed by atoms with Gasteiger partial charge in [0.2, 0.25) is 11.8 Å². The third-order valence-corrected chi connectivity index (χ3v) is 14.1. The van der Waals surface area contributed by atoms with Gasteiger partial charge in [-0.2, -0.15) is 0 Å². The number of hydrogen-bond acceptors (Lipinski definition) is 11. The number of aromatic nitrogens is 4. The molecule has 0 bridgehead atoms. The van der Waals surface area contributed by atoms with E-state index in [-0.39, 0.29) is 60.0 Å². The Hall–Kier alpha value is -6.85. The number of methoxy groups -OCH3 is 2. The van der Waals surface area contributed by atoms with Gasteiger partial charge >= 0.3 is 18.3 Å². The summed E-state index contributed by atoms with van der Waals surface area (Å²) >= 11 is 0. The maximum atomic E-state index is 13.9. The molecule has 0 spiro atoms. The highest BCUT2D eigenvalue weighted by Gasteiger charge is 2.41. The molecular formula is C50H62N10O8. The number of anilines is 1. The zero-order valence-electron chi connectivity index (χ0n) is 39.5. The molecule has 0 unspecified atom stereocenters. The van der Waals surface area contributed by atoms with Crippen LogP contribution in [0.15, 0.2) is 60.7 Å². The van der Waals surface area contributed by atoms with E-state index >= 15 is 0 Å². The van der Waals surface area contributed by atoms with Crippen molar-refractivity contribution in [2.45, 2.75) is 115 Å². The van der Waals surface area contributed by atoms with Crippen molar-refractivity contribution in [3.05, 3.63) is 89.0 Å². The summed E-state index contributed by atoms with van der Waals surface area (Å²) in [6.07, 6.45) is 3.88. The van der Waals surface area contributed by atoms with E-state index in [4.69, 9.17) is 24.2 Å². The molecule has 0 radical (unpaired) electrons. The van der Waals surface area contributed by atoms with Crippen LogP contribution in [0.1, 0.15) is 119 Å². The molecule has 5 N–H and O–H groups in total. The lowest BCUT2D eigenvalue weighted by atomic mass is 10.0. The highest BCUT2D eigenvalue weighted by Crippen LogP contribution is 2.48. The third kappa shape index (κ3) is 9.24. The van der Waals surface area contributed by atoms with Crippen molar-refractivity contribution < 1.29 is 38.2 Å². The van der Waals surface area contributed by atoms with E-state index in [9.17, 15) is 24.0 Å². The van der Waals surface area contributed by atoms with Crippen molar-refractivity contribution in [3.63, 3.8) is 0 Å². The Morgan fingerprint density at radius 3 is 1.78 bits per heavy atom. The van der Waals surface area contributed by atoms with Crippen LogP contribution in [0.5, 0.6) is 0 Å². The van der Waals surface area contributed by atoms with Gasteiger partial charge < -0.3 is 54.8 Å². The number of alkyl carbamates (subject to hydrolysis) is 3. The van der Waals surface area contributed by atoms with Gasteiger partial charge in [-0.3, -0.25) is 9.59 Å². The standard InChI is InChI=1S/C50H62N10O8/c1-27(2)42(56-48(63)66-5)46(61)58-21-7-9-40(58)44-52-34-17-13-30(24-36(34)54-44)38-19-20-39(60(38)33-15-11-29(12-16-33)23-32-26-68-50(65)51-32)31-14-18-35-37(25-31)55-45(53-35)41-10-8-22-59(41)47(62)43(28(3)4)57-49(64)67-6/h11-18,24-25,27-28,32,38-43H,7-10,19-23,26H2,1-6H3,(H,51,65)(H,52,54)(H,53,55)(H,56,63)(H,57,64)/t32-,38+,39+,40-,41-,42-,43-/m0/s1. The number of nitrogens with one attached hydrogen (secondary N) is 5. The molecule has 4 saturated heterocycles. The number of amides is 5. The van der Waals surface area contributed by atoms with Crippen LogP contribution in [0.2, 0.25) is 0 Å². The molecular weight excluding hydrogens is 869 g/mol. The van der Waals surface area contributed by atoms with Crippen LogP contribution in [0, 0.1) is 11.8 Å². The van der Waals surface area contributed by atoms with Gasteiger partial charge in [-0.1, -0.05) is 52.0 Å². The molecule has 0 saturated carbocycles. The first kappa shape index (κ1) is 46.3. The fourth-order valence-electron chi connectivity index (χ4n) is 10.7. The minimum atomic E-state index is -0.725. The summed E-state index contributed by atoms with van der Waals surface area (Å²) in [4.78, 5) is 87.3. The molecule has 4 aliphatic rings. The average molecular weight is 931 g/mol. The van der Waals surface area contributed by atoms with Crippen molar-refractivity contribution in [2.75, 3.05) is 38.8 Å². The van der Waals surface area contributed by atoms with Gasteiger partial charge in [0.1, 0.15) is 30.3 Å². The first-order valence-electron chi connectivity index (χ1n) is 23.9. The van der Waals surface area contributed by atoms with Crippen molar-refractivity contribution in [3.8, 4) is 0 Å². The van der Waals surface area contributed by atoms with E-state index in [0.717, 1.165) is 94.6 Å². The molecule has 4 fully saturated rings. The van der Waals surface area contributed by atoms with E-state index in [1.165, 1.54) is 14.2 Å². The molecule has 18 heteroatoms. The molecule has 3 aromatic carbocycles. The molecule has 6 heterocycles. The summed E-state index contributed by atoms with van der Waals surface area (Å²) < 4.78 is 14.8. The molecule has 5 aromatic rings. The van der Waals surface area contributed by atoms with Gasteiger partial charge in [-0.25, -0.2) is 24.4 Å². The lowest BCUT2D eigenvalue weighted by Gasteiger charge is -2.33. The number of carbonyl (C=O) groups is 5. The second-order valence-electron chi connectivity index (χ2n) is 19.2. The Kier molecular flexibility index (Phi) is 13.2. The van der Waals surface area contributed by atoms with Crippen molar-refractivity contribution in [1.29, 1.82) is 0 Å². The third-order valence-electron chi connectivity index (χ3n) is 14.1. The summed E-state index contributed by atoms with van der Waals surface area (Å²) in [5, 5.41) is 8.35. The van der Waals surface area contributed by atoms with Gasteiger partial charge in [0.25, 0.3) is 0 Å². The zero-order valence-corrected chi connectivity index (χ0v) is 39.5. The molecule has 4 aliphatic heterocycles. The summed E-state index contributed by atoms with van der Waals surface area (Å²) in [7, 11) is 2.58. The van der Waals surface area contributed by atoms with E-state index in [1.54, 1.807) is 0 Å². The number of imidazole rings is 2. The SMILES string of the molecule is COC(=O)N[C@H](C(=O)N1CCC[C@H]1c1nc2cc([C@H]3CC[C@H](c4ccc5nc([C@@H]6CCCN6C(=O)[C@@H](NC(=O)OC)C(C)C)[nH]c5c4)N3c3ccc(C[C@H]4COC(=O)N4)cc3)ccc2[nH]1)C(C)C. The molecule has 18 nitrogen and oxygen atoms in total. The Morgan fingerprint density at radius 2 is 1.24 bits per heavy atom. The number of benzene rings is 3. The summed E-state index contributed by atoms with van der Waals surface area (Å²) in [5.41, 5.74) is 7.79. The number of nitrogens with zero attached hydrogens (tertiary/aromatic N) is 5. The highest BCUT2D eigenvalue weighted by atomic mass is 16.6. The molecule has 7 atom stereocenters. The minimum Gasteiger partial charge on any atom is -0.453 e. The minimum absolute atomic E-state index is 0.00118. The van der Waals surface area contributed by atoms with Crippen LogP contribution in [-0.4, -0.2) is 112 Å². The number of hydrogen-bond donors (Lipinski definition) is 5. The number of ether oxygens (including phenoxy) is 3. The molecule has 2 aromatic heterocycles. The Labute approximate surface area is 395 Å². The van der Waals surface area contributed by atoms with E-state index in [1.807, 2.05) is 37.5 Å². The number of carbonyl (C=O) groups excluding carboxylic acids is 5. The largest absolute Gasteiger partial charge is 0.453 e. The number of H-pyrrole nitrogens is 2.